The topological polar surface area (TPSA) is 97.0 Å². The van der Waals surface area contributed by atoms with Crippen LogP contribution in [0.4, 0.5) is 4.79 Å². The molecule has 1 aliphatic heterocycles. The second kappa shape index (κ2) is 9.65. The predicted octanol–water partition coefficient (Wildman–Crippen LogP) is 1.16. The van der Waals surface area contributed by atoms with Crippen molar-refractivity contribution in [2.24, 2.45) is 0 Å². The highest BCUT2D eigenvalue weighted by Gasteiger charge is 2.24. The third-order valence-corrected chi connectivity index (χ3v) is 4.15. The molecule has 2 N–H and O–H groups in total. The van der Waals surface area contributed by atoms with Crippen LogP contribution < -0.4 is 15.4 Å². The van der Waals surface area contributed by atoms with E-state index in [0.29, 0.717) is 43.9 Å². The summed E-state index contributed by atoms with van der Waals surface area (Å²) in [5.74, 6) is -0.172. The number of hydrogen-bond donors (Lipinski definition) is 2. The second-order valence-electron chi connectivity index (χ2n) is 5.91. The van der Waals surface area contributed by atoms with Gasteiger partial charge in [-0.15, -0.1) is 0 Å². The van der Waals surface area contributed by atoms with Crippen LogP contribution in [-0.2, 0) is 9.53 Å². The number of nitrogens with zero attached hydrogens (tertiary/aromatic N) is 1. The highest BCUT2D eigenvalue weighted by molar-refractivity contribution is 5.98. The van der Waals surface area contributed by atoms with Gasteiger partial charge >= 0.3 is 6.09 Å². The molecule has 1 aromatic rings. The molecule has 0 unspecified atom stereocenters. The number of para-hydroxylation sites is 1. The Morgan fingerprint density at radius 3 is 2.54 bits per heavy atom. The number of nitrogens with one attached hydrogen (secondary N) is 2. The SMILES string of the molecule is CCOC(=O)N1CCC(NC(=O)CNC(=O)c2ccccc2OC)CC1. The number of ether oxygens (including phenoxy) is 2. The Bertz CT molecular complexity index is 641. The average Bonchev–Trinajstić information content (AvgIpc) is 2.66. The van der Waals surface area contributed by atoms with Gasteiger partial charge in [-0.2, -0.15) is 0 Å². The van der Waals surface area contributed by atoms with Gasteiger partial charge in [0.25, 0.3) is 5.91 Å². The van der Waals surface area contributed by atoms with Crippen LogP contribution in [0.25, 0.3) is 0 Å². The van der Waals surface area contributed by atoms with Crippen LogP contribution in [0.5, 0.6) is 5.75 Å². The van der Waals surface area contributed by atoms with Crippen molar-refractivity contribution in [1.29, 1.82) is 0 Å². The molecule has 0 aromatic heterocycles. The van der Waals surface area contributed by atoms with Crippen molar-refractivity contribution in [2.75, 3.05) is 33.4 Å². The van der Waals surface area contributed by atoms with E-state index in [2.05, 4.69) is 10.6 Å². The van der Waals surface area contributed by atoms with Gasteiger partial charge in [-0.25, -0.2) is 4.79 Å². The molecule has 142 valence electrons. The molecule has 0 aliphatic carbocycles. The largest absolute Gasteiger partial charge is 0.496 e. The van der Waals surface area contributed by atoms with Crippen LogP contribution >= 0.6 is 0 Å². The van der Waals surface area contributed by atoms with Crippen molar-refractivity contribution < 1.29 is 23.9 Å². The molecular formula is C18H25N3O5. The van der Waals surface area contributed by atoms with Gasteiger partial charge in [-0.05, 0) is 31.9 Å². The lowest BCUT2D eigenvalue weighted by Gasteiger charge is -2.31. The van der Waals surface area contributed by atoms with Crippen LogP contribution in [0.15, 0.2) is 24.3 Å². The Labute approximate surface area is 152 Å². The Kier molecular flexibility index (Phi) is 7.25. The summed E-state index contributed by atoms with van der Waals surface area (Å²) >= 11 is 0. The van der Waals surface area contributed by atoms with Gasteiger partial charge in [-0.3, -0.25) is 9.59 Å². The molecule has 1 aromatic carbocycles. The molecule has 3 amide bonds. The smallest absolute Gasteiger partial charge is 0.409 e. The van der Waals surface area contributed by atoms with Gasteiger partial charge in [-0.1, -0.05) is 12.1 Å². The van der Waals surface area contributed by atoms with E-state index in [0.717, 1.165) is 0 Å². The van der Waals surface area contributed by atoms with Gasteiger partial charge in [0.2, 0.25) is 5.91 Å². The minimum atomic E-state index is -0.366. The summed E-state index contributed by atoms with van der Waals surface area (Å²) < 4.78 is 10.1. The number of likely N-dealkylation sites (tertiary alicyclic amines) is 1. The molecule has 1 saturated heterocycles. The maximum atomic E-state index is 12.2. The molecule has 1 heterocycles. The van der Waals surface area contributed by atoms with Crippen LogP contribution in [0.1, 0.15) is 30.1 Å². The maximum Gasteiger partial charge on any atom is 0.409 e. The summed E-state index contributed by atoms with van der Waals surface area (Å²) in [4.78, 5) is 37.5. The quantitative estimate of drug-likeness (QED) is 0.791. The number of rotatable bonds is 6. The van der Waals surface area contributed by atoms with E-state index >= 15 is 0 Å². The van der Waals surface area contributed by atoms with E-state index in [1.54, 1.807) is 36.1 Å². The zero-order valence-corrected chi connectivity index (χ0v) is 15.1. The summed E-state index contributed by atoms with van der Waals surface area (Å²) in [5, 5.41) is 5.47. The first-order valence-electron chi connectivity index (χ1n) is 8.67. The number of amides is 3. The van der Waals surface area contributed by atoms with Crippen molar-refractivity contribution >= 4 is 17.9 Å². The van der Waals surface area contributed by atoms with E-state index in [1.807, 2.05) is 0 Å². The average molecular weight is 363 g/mol. The van der Waals surface area contributed by atoms with E-state index in [4.69, 9.17) is 9.47 Å². The lowest BCUT2D eigenvalue weighted by atomic mass is 10.1. The number of benzene rings is 1. The Hall–Kier alpha value is -2.77. The first-order valence-corrected chi connectivity index (χ1v) is 8.67. The second-order valence-corrected chi connectivity index (χ2v) is 5.91. The first kappa shape index (κ1) is 19.6. The zero-order valence-electron chi connectivity index (χ0n) is 15.1. The van der Waals surface area contributed by atoms with Gasteiger partial charge in [0.15, 0.2) is 0 Å². The minimum Gasteiger partial charge on any atom is -0.496 e. The van der Waals surface area contributed by atoms with Crippen molar-refractivity contribution in [3.63, 3.8) is 0 Å². The standard InChI is InChI=1S/C18H25N3O5/c1-3-26-18(24)21-10-8-13(9-11-21)20-16(22)12-19-17(23)14-6-4-5-7-15(14)25-2/h4-7,13H,3,8-12H2,1-2H3,(H,19,23)(H,20,22). The Morgan fingerprint density at radius 1 is 1.19 bits per heavy atom. The summed E-state index contributed by atoms with van der Waals surface area (Å²) in [7, 11) is 1.49. The molecule has 0 radical (unpaired) electrons. The Balaban J connectivity index is 1.74. The van der Waals surface area contributed by atoms with Crippen LogP contribution in [-0.4, -0.2) is 62.2 Å². The van der Waals surface area contributed by atoms with Gasteiger partial charge in [0.05, 0.1) is 25.8 Å². The van der Waals surface area contributed by atoms with E-state index in [1.165, 1.54) is 7.11 Å². The van der Waals surface area contributed by atoms with E-state index < -0.39 is 0 Å². The number of carbonyl (C=O) groups excluding carboxylic acids is 3. The molecule has 8 heteroatoms. The monoisotopic (exact) mass is 363 g/mol. The fourth-order valence-electron chi connectivity index (χ4n) is 2.79. The van der Waals surface area contributed by atoms with E-state index in [-0.39, 0.29) is 30.5 Å². The molecule has 0 bridgehead atoms. The molecule has 1 aliphatic rings. The summed E-state index contributed by atoms with van der Waals surface area (Å²) in [5.41, 5.74) is 0.380. The molecular weight excluding hydrogens is 338 g/mol. The minimum absolute atomic E-state index is 0.0173. The third-order valence-electron chi connectivity index (χ3n) is 4.15. The van der Waals surface area contributed by atoms with Crippen molar-refractivity contribution in [3.05, 3.63) is 29.8 Å². The summed E-state index contributed by atoms with van der Waals surface area (Å²) in [6.07, 6.45) is 0.997. The highest BCUT2D eigenvalue weighted by Crippen LogP contribution is 2.16. The number of carbonyl (C=O) groups is 3. The summed E-state index contributed by atoms with van der Waals surface area (Å²) in [6.45, 7) is 3.08. The normalized spacial score (nSPS) is 14.5. The number of piperidine rings is 1. The van der Waals surface area contributed by atoms with Crippen LogP contribution in [0, 0.1) is 0 Å². The van der Waals surface area contributed by atoms with Crippen LogP contribution in [0.2, 0.25) is 0 Å². The molecule has 26 heavy (non-hydrogen) atoms. The lowest BCUT2D eigenvalue weighted by molar-refractivity contribution is -0.121. The highest BCUT2D eigenvalue weighted by atomic mass is 16.6. The lowest BCUT2D eigenvalue weighted by Crippen LogP contribution is -2.48. The maximum absolute atomic E-state index is 12.2. The summed E-state index contributed by atoms with van der Waals surface area (Å²) in [6, 6.07) is 6.81. The number of methoxy groups -OCH3 is 1. The predicted molar refractivity (Wildman–Crippen MR) is 95.1 cm³/mol. The van der Waals surface area contributed by atoms with Gasteiger partial charge in [0, 0.05) is 19.1 Å². The fourth-order valence-corrected chi connectivity index (χ4v) is 2.79. The molecule has 2 rings (SSSR count). The number of hydrogen-bond acceptors (Lipinski definition) is 5. The molecule has 1 fully saturated rings. The van der Waals surface area contributed by atoms with Crippen molar-refractivity contribution in [3.8, 4) is 5.75 Å². The molecule has 8 nitrogen and oxygen atoms in total. The van der Waals surface area contributed by atoms with Crippen molar-refractivity contribution in [2.45, 2.75) is 25.8 Å². The molecule has 0 spiro atoms. The Morgan fingerprint density at radius 2 is 1.88 bits per heavy atom. The van der Waals surface area contributed by atoms with Gasteiger partial charge < -0.3 is 25.0 Å². The fraction of sp³-hybridized carbons (Fsp3) is 0.500. The van der Waals surface area contributed by atoms with Crippen LogP contribution in [0.3, 0.4) is 0 Å². The van der Waals surface area contributed by atoms with Gasteiger partial charge in [0.1, 0.15) is 5.75 Å². The van der Waals surface area contributed by atoms with Crippen molar-refractivity contribution in [1.82, 2.24) is 15.5 Å². The molecule has 0 atom stereocenters. The zero-order chi connectivity index (χ0) is 18.9. The third kappa shape index (κ3) is 5.37. The van der Waals surface area contributed by atoms with E-state index in [9.17, 15) is 14.4 Å². The molecule has 0 saturated carbocycles. The first-order chi connectivity index (χ1) is 12.5.